The third-order valence-electron chi connectivity index (χ3n) is 3.17. The van der Waals surface area contributed by atoms with Crippen LogP contribution < -0.4 is 15.8 Å². The van der Waals surface area contributed by atoms with Crippen molar-refractivity contribution in [1.82, 2.24) is 5.32 Å². The average Bonchev–Trinajstić information content (AvgIpc) is 2.32. The van der Waals surface area contributed by atoms with Crippen LogP contribution in [0.5, 0.6) is 5.75 Å². The standard InChI is InChI=1S/C13H18N2O3/c1-17-11-4-2-10(3-5-11)13(8-18-9-13)15-7-6-12(14)16/h2-5,15H,6-9H2,1H3,(H2,14,16). The number of hydrogen-bond acceptors (Lipinski definition) is 4. The number of amides is 1. The van der Waals surface area contributed by atoms with Crippen molar-refractivity contribution < 1.29 is 14.3 Å². The Morgan fingerprint density at radius 1 is 1.44 bits per heavy atom. The first-order chi connectivity index (χ1) is 8.66. The SMILES string of the molecule is COc1ccc(C2(NCCC(N)=O)COC2)cc1. The molecule has 5 nitrogen and oxygen atoms in total. The van der Waals surface area contributed by atoms with Crippen molar-refractivity contribution in [2.24, 2.45) is 5.73 Å². The fourth-order valence-electron chi connectivity index (χ4n) is 2.01. The molecule has 1 amide bonds. The molecule has 0 spiro atoms. The Kier molecular flexibility index (Phi) is 3.84. The normalized spacial score (nSPS) is 16.9. The summed E-state index contributed by atoms with van der Waals surface area (Å²) < 4.78 is 10.4. The van der Waals surface area contributed by atoms with Gasteiger partial charge < -0.3 is 20.5 Å². The van der Waals surface area contributed by atoms with Crippen molar-refractivity contribution in [1.29, 1.82) is 0 Å². The van der Waals surface area contributed by atoms with E-state index in [1.54, 1.807) is 7.11 Å². The van der Waals surface area contributed by atoms with Gasteiger partial charge in [0.2, 0.25) is 5.91 Å². The summed E-state index contributed by atoms with van der Waals surface area (Å²) in [6.45, 7) is 1.78. The van der Waals surface area contributed by atoms with E-state index in [2.05, 4.69) is 5.32 Å². The van der Waals surface area contributed by atoms with Crippen molar-refractivity contribution >= 4 is 5.91 Å². The van der Waals surface area contributed by atoms with E-state index in [0.29, 0.717) is 26.2 Å². The van der Waals surface area contributed by atoms with Crippen LogP contribution in [0.3, 0.4) is 0 Å². The van der Waals surface area contributed by atoms with Gasteiger partial charge >= 0.3 is 0 Å². The Morgan fingerprint density at radius 2 is 2.11 bits per heavy atom. The number of primary amides is 1. The molecule has 0 aliphatic carbocycles. The average molecular weight is 250 g/mol. The van der Waals surface area contributed by atoms with Gasteiger partial charge in [0.25, 0.3) is 0 Å². The summed E-state index contributed by atoms with van der Waals surface area (Å²) in [6.07, 6.45) is 0.331. The molecule has 98 valence electrons. The second kappa shape index (κ2) is 5.37. The number of benzene rings is 1. The topological polar surface area (TPSA) is 73.6 Å². The lowest BCUT2D eigenvalue weighted by molar-refractivity contribution is -0.118. The van der Waals surface area contributed by atoms with Crippen molar-refractivity contribution in [3.63, 3.8) is 0 Å². The minimum Gasteiger partial charge on any atom is -0.497 e. The number of ether oxygens (including phenoxy) is 2. The Labute approximate surface area is 106 Å². The predicted octanol–water partition coefficient (Wildman–Crippen LogP) is 0.386. The lowest BCUT2D eigenvalue weighted by Gasteiger charge is -2.42. The maximum atomic E-state index is 10.7. The van der Waals surface area contributed by atoms with Crippen LogP contribution in [0.2, 0.25) is 0 Å². The van der Waals surface area contributed by atoms with Gasteiger partial charge in [-0.25, -0.2) is 0 Å². The highest BCUT2D eigenvalue weighted by atomic mass is 16.5. The Morgan fingerprint density at radius 3 is 2.56 bits per heavy atom. The second-order valence-electron chi connectivity index (χ2n) is 4.45. The summed E-state index contributed by atoms with van der Waals surface area (Å²) in [5, 5.41) is 3.35. The molecule has 1 aliphatic rings. The van der Waals surface area contributed by atoms with Gasteiger partial charge in [0.05, 0.1) is 25.9 Å². The Balaban J connectivity index is 2.03. The maximum absolute atomic E-state index is 10.7. The largest absolute Gasteiger partial charge is 0.497 e. The summed E-state index contributed by atoms with van der Waals surface area (Å²) in [6, 6.07) is 7.87. The minimum atomic E-state index is -0.298. The van der Waals surface area contributed by atoms with E-state index in [4.69, 9.17) is 15.2 Å². The highest BCUT2D eigenvalue weighted by Crippen LogP contribution is 2.30. The number of carbonyl (C=O) groups is 1. The molecule has 0 saturated carbocycles. The molecular weight excluding hydrogens is 232 g/mol. The molecule has 1 aliphatic heterocycles. The third-order valence-corrected chi connectivity index (χ3v) is 3.17. The molecule has 0 bridgehead atoms. The van der Waals surface area contributed by atoms with Gasteiger partial charge in [-0.1, -0.05) is 12.1 Å². The monoisotopic (exact) mass is 250 g/mol. The predicted molar refractivity (Wildman–Crippen MR) is 67.3 cm³/mol. The molecule has 2 rings (SSSR count). The van der Waals surface area contributed by atoms with Crippen LogP contribution in [0.25, 0.3) is 0 Å². The molecule has 5 heteroatoms. The second-order valence-corrected chi connectivity index (χ2v) is 4.45. The van der Waals surface area contributed by atoms with Crippen LogP contribution in [0.4, 0.5) is 0 Å². The van der Waals surface area contributed by atoms with Gasteiger partial charge in [-0.05, 0) is 17.7 Å². The summed E-state index contributed by atoms with van der Waals surface area (Å²) in [5.41, 5.74) is 6.08. The number of rotatable bonds is 6. The molecule has 1 aromatic carbocycles. The van der Waals surface area contributed by atoms with E-state index >= 15 is 0 Å². The van der Waals surface area contributed by atoms with Crippen molar-refractivity contribution in [2.45, 2.75) is 12.0 Å². The number of carbonyl (C=O) groups excluding carboxylic acids is 1. The zero-order chi connectivity index (χ0) is 13.0. The zero-order valence-electron chi connectivity index (χ0n) is 10.4. The van der Waals surface area contributed by atoms with E-state index < -0.39 is 0 Å². The summed E-state index contributed by atoms with van der Waals surface area (Å²) in [5.74, 6) is 0.527. The third kappa shape index (κ3) is 2.63. The van der Waals surface area contributed by atoms with Crippen LogP contribution in [-0.4, -0.2) is 32.8 Å². The molecule has 1 saturated heterocycles. The van der Waals surface area contributed by atoms with E-state index in [-0.39, 0.29) is 11.4 Å². The smallest absolute Gasteiger partial charge is 0.218 e. The van der Waals surface area contributed by atoms with Crippen molar-refractivity contribution in [3.05, 3.63) is 29.8 Å². The number of nitrogens with two attached hydrogens (primary N) is 1. The van der Waals surface area contributed by atoms with Gasteiger partial charge in [0.1, 0.15) is 5.75 Å². The van der Waals surface area contributed by atoms with E-state index in [0.717, 1.165) is 11.3 Å². The van der Waals surface area contributed by atoms with Gasteiger partial charge in [-0.15, -0.1) is 0 Å². The first-order valence-corrected chi connectivity index (χ1v) is 5.92. The summed E-state index contributed by atoms with van der Waals surface area (Å²) in [4.78, 5) is 10.7. The van der Waals surface area contributed by atoms with Crippen molar-refractivity contribution in [2.75, 3.05) is 26.9 Å². The quantitative estimate of drug-likeness (QED) is 0.765. The van der Waals surface area contributed by atoms with Crippen LogP contribution in [0.15, 0.2) is 24.3 Å². The number of hydrogen-bond donors (Lipinski definition) is 2. The highest BCUT2D eigenvalue weighted by Gasteiger charge is 2.39. The minimum absolute atomic E-state index is 0.193. The highest BCUT2D eigenvalue weighted by molar-refractivity contribution is 5.73. The molecule has 18 heavy (non-hydrogen) atoms. The fourth-order valence-corrected chi connectivity index (χ4v) is 2.01. The summed E-state index contributed by atoms with van der Waals surface area (Å²) in [7, 11) is 1.64. The molecule has 0 aromatic heterocycles. The molecule has 0 radical (unpaired) electrons. The molecule has 1 aromatic rings. The zero-order valence-corrected chi connectivity index (χ0v) is 10.4. The lowest BCUT2D eigenvalue weighted by Crippen LogP contribution is -2.58. The Bertz CT molecular complexity index is 413. The number of nitrogens with one attached hydrogen (secondary N) is 1. The van der Waals surface area contributed by atoms with Gasteiger partial charge in [0, 0.05) is 13.0 Å². The molecule has 0 atom stereocenters. The van der Waals surface area contributed by atoms with Crippen LogP contribution in [-0.2, 0) is 15.1 Å². The van der Waals surface area contributed by atoms with Gasteiger partial charge in [0.15, 0.2) is 0 Å². The van der Waals surface area contributed by atoms with Crippen LogP contribution >= 0.6 is 0 Å². The van der Waals surface area contributed by atoms with E-state index in [1.165, 1.54) is 0 Å². The van der Waals surface area contributed by atoms with Gasteiger partial charge in [-0.2, -0.15) is 0 Å². The van der Waals surface area contributed by atoms with Crippen molar-refractivity contribution in [3.8, 4) is 5.75 Å². The fraction of sp³-hybridized carbons (Fsp3) is 0.462. The first kappa shape index (κ1) is 12.9. The van der Waals surface area contributed by atoms with Crippen LogP contribution in [0.1, 0.15) is 12.0 Å². The molecule has 0 unspecified atom stereocenters. The van der Waals surface area contributed by atoms with Crippen LogP contribution in [0, 0.1) is 0 Å². The lowest BCUT2D eigenvalue weighted by atomic mass is 9.88. The molecular formula is C13H18N2O3. The maximum Gasteiger partial charge on any atom is 0.218 e. The van der Waals surface area contributed by atoms with Gasteiger partial charge in [-0.3, -0.25) is 4.79 Å². The molecule has 3 N–H and O–H groups in total. The Hall–Kier alpha value is -1.59. The molecule has 1 heterocycles. The summed E-state index contributed by atoms with van der Waals surface area (Å²) >= 11 is 0. The van der Waals surface area contributed by atoms with E-state index in [9.17, 15) is 4.79 Å². The number of methoxy groups -OCH3 is 1. The first-order valence-electron chi connectivity index (χ1n) is 5.92. The van der Waals surface area contributed by atoms with E-state index in [1.807, 2.05) is 24.3 Å². The molecule has 1 fully saturated rings.